The summed E-state index contributed by atoms with van der Waals surface area (Å²) in [7, 11) is 1.36. The lowest BCUT2D eigenvalue weighted by Gasteiger charge is -2.12. The first-order chi connectivity index (χ1) is 9.51. The Morgan fingerprint density at radius 1 is 1.45 bits per heavy atom. The second-order valence-electron chi connectivity index (χ2n) is 4.56. The van der Waals surface area contributed by atoms with E-state index in [1.165, 1.54) is 25.3 Å². The Hall–Kier alpha value is -2.12. The summed E-state index contributed by atoms with van der Waals surface area (Å²) in [5.41, 5.74) is 0.472. The number of amides is 1. The molecule has 4 N–H and O–H groups in total. The van der Waals surface area contributed by atoms with E-state index in [9.17, 15) is 14.7 Å². The van der Waals surface area contributed by atoms with Crippen LogP contribution in [0.15, 0.2) is 18.2 Å². The zero-order chi connectivity index (χ0) is 14.7. The summed E-state index contributed by atoms with van der Waals surface area (Å²) in [5, 5.41) is 23.9. The van der Waals surface area contributed by atoms with Gasteiger partial charge in [0.2, 0.25) is 5.91 Å². The molecule has 1 aromatic carbocycles. The van der Waals surface area contributed by atoms with Crippen LogP contribution in [0.2, 0.25) is 0 Å². The number of benzene rings is 1. The molecule has 1 fully saturated rings. The lowest BCUT2D eigenvalue weighted by molar-refractivity contribution is -0.117. The molecule has 0 radical (unpaired) electrons. The van der Waals surface area contributed by atoms with Crippen LogP contribution in [0.5, 0.6) is 5.75 Å². The lowest BCUT2D eigenvalue weighted by Crippen LogP contribution is -2.35. The quantitative estimate of drug-likeness (QED) is 0.621. The van der Waals surface area contributed by atoms with Gasteiger partial charge >= 0.3 is 5.97 Å². The molecule has 1 heterocycles. The van der Waals surface area contributed by atoms with Gasteiger partial charge in [-0.25, -0.2) is 4.79 Å². The SMILES string of the molecule is COc1cc(NC(=O)C2CC(O)CN2)ccc1C(=O)O. The van der Waals surface area contributed by atoms with Gasteiger partial charge < -0.3 is 25.6 Å². The number of hydrogen-bond acceptors (Lipinski definition) is 5. The van der Waals surface area contributed by atoms with E-state index in [1.807, 2.05) is 0 Å². The molecule has 1 saturated heterocycles. The minimum Gasteiger partial charge on any atom is -0.496 e. The Kier molecular flexibility index (Phi) is 4.21. The predicted octanol–water partition coefficient (Wildman–Crippen LogP) is 0.0547. The van der Waals surface area contributed by atoms with E-state index < -0.39 is 18.1 Å². The molecule has 108 valence electrons. The molecule has 7 nitrogen and oxygen atoms in total. The van der Waals surface area contributed by atoms with Crippen LogP contribution in [0.25, 0.3) is 0 Å². The highest BCUT2D eigenvalue weighted by atomic mass is 16.5. The van der Waals surface area contributed by atoms with Crippen molar-refractivity contribution in [2.24, 2.45) is 0 Å². The molecule has 0 aromatic heterocycles. The molecule has 0 aliphatic carbocycles. The van der Waals surface area contributed by atoms with E-state index in [2.05, 4.69) is 10.6 Å². The number of hydrogen-bond donors (Lipinski definition) is 4. The number of aromatic carboxylic acids is 1. The third kappa shape index (κ3) is 3.06. The summed E-state index contributed by atoms with van der Waals surface area (Å²) in [4.78, 5) is 22.9. The summed E-state index contributed by atoms with van der Waals surface area (Å²) < 4.78 is 4.98. The van der Waals surface area contributed by atoms with Gasteiger partial charge in [-0.1, -0.05) is 0 Å². The van der Waals surface area contributed by atoms with Gasteiger partial charge in [0.15, 0.2) is 0 Å². The van der Waals surface area contributed by atoms with Crippen molar-refractivity contribution in [3.8, 4) is 5.75 Å². The summed E-state index contributed by atoms with van der Waals surface area (Å²) in [6, 6.07) is 3.87. The van der Waals surface area contributed by atoms with Gasteiger partial charge in [-0.15, -0.1) is 0 Å². The fraction of sp³-hybridized carbons (Fsp3) is 0.385. The maximum absolute atomic E-state index is 11.9. The summed E-state index contributed by atoms with van der Waals surface area (Å²) in [6.07, 6.45) is -0.162. The molecule has 2 atom stereocenters. The van der Waals surface area contributed by atoms with Crippen molar-refractivity contribution in [1.29, 1.82) is 0 Å². The van der Waals surface area contributed by atoms with Crippen LogP contribution in [0.3, 0.4) is 0 Å². The van der Waals surface area contributed by atoms with Gasteiger partial charge in [-0.2, -0.15) is 0 Å². The summed E-state index contributed by atoms with van der Waals surface area (Å²) in [6.45, 7) is 0.388. The number of aliphatic hydroxyl groups excluding tert-OH is 1. The summed E-state index contributed by atoms with van der Waals surface area (Å²) >= 11 is 0. The van der Waals surface area contributed by atoms with Crippen LogP contribution < -0.4 is 15.4 Å². The monoisotopic (exact) mass is 280 g/mol. The van der Waals surface area contributed by atoms with Gasteiger partial charge in [0.1, 0.15) is 11.3 Å². The molecule has 2 unspecified atom stereocenters. The number of aliphatic hydroxyl groups is 1. The largest absolute Gasteiger partial charge is 0.496 e. The van der Waals surface area contributed by atoms with E-state index in [0.717, 1.165) is 0 Å². The molecule has 1 aromatic rings. The number of β-amino-alcohol motifs (C(OH)–C–C–N with tert-alkyl or cyclic N) is 1. The molecule has 0 spiro atoms. The average Bonchev–Trinajstić information content (AvgIpc) is 2.85. The minimum atomic E-state index is -1.10. The molecule has 7 heteroatoms. The Labute approximate surface area is 115 Å². The number of carbonyl (C=O) groups is 2. The van der Waals surface area contributed by atoms with Crippen molar-refractivity contribution in [2.75, 3.05) is 19.0 Å². The first kappa shape index (κ1) is 14.3. The molecule has 1 aliphatic rings. The maximum Gasteiger partial charge on any atom is 0.339 e. The van der Waals surface area contributed by atoms with Crippen molar-refractivity contribution in [3.05, 3.63) is 23.8 Å². The van der Waals surface area contributed by atoms with E-state index in [1.54, 1.807) is 0 Å². The van der Waals surface area contributed by atoms with E-state index >= 15 is 0 Å². The standard InChI is InChI=1S/C13H16N2O5/c1-20-11-4-7(2-3-9(11)13(18)19)15-12(17)10-5-8(16)6-14-10/h2-4,8,10,14,16H,5-6H2,1H3,(H,15,17)(H,18,19). The normalized spacial score (nSPS) is 21.5. The van der Waals surface area contributed by atoms with Crippen molar-refractivity contribution in [3.63, 3.8) is 0 Å². The molecule has 0 saturated carbocycles. The van der Waals surface area contributed by atoms with Gasteiger partial charge in [-0.3, -0.25) is 4.79 Å². The summed E-state index contributed by atoms with van der Waals surface area (Å²) in [5.74, 6) is -1.19. The topological polar surface area (TPSA) is 108 Å². The van der Waals surface area contributed by atoms with E-state index in [4.69, 9.17) is 9.84 Å². The average molecular weight is 280 g/mol. The number of ether oxygens (including phenoxy) is 1. The van der Waals surface area contributed by atoms with Crippen LogP contribution in [0.4, 0.5) is 5.69 Å². The molecular weight excluding hydrogens is 264 g/mol. The van der Waals surface area contributed by atoms with E-state index in [0.29, 0.717) is 18.7 Å². The van der Waals surface area contributed by atoms with Crippen LogP contribution in [-0.4, -0.2) is 47.9 Å². The number of carboxylic acid groups (broad SMARTS) is 1. The smallest absolute Gasteiger partial charge is 0.339 e. The van der Waals surface area contributed by atoms with Gasteiger partial charge in [0.25, 0.3) is 0 Å². The number of methoxy groups -OCH3 is 1. The predicted molar refractivity (Wildman–Crippen MR) is 71.0 cm³/mol. The zero-order valence-corrected chi connectivity index (χ0v) is 10.9. The zero-order valence-electron chi connectivity index (χ0n) is 10.9. The highest BCUT2D eigenvalue weighted by Gasteiger charge is 2.28. The lowest BCUT2D eigenvalue weighted by atomic mass is 10.1. The first-order valence-electron chi connectivity index (χ1n) is 6.15. The Bertz CT molecular complexity index is 531. The number of rotatable bonds is 4. The van der Waals surface area contributed by atoms with Crippen LogP contribution in [0, 0.1) is 0 Å². The highest BCUT2D eigenvalue weighted by molar-refractivity contribution is 5.97. The van der Waals surface area contributed by atoms with Crippen molar-refractivity contribution < 1.29 is 24.5 Å². The third-order valence-corrected chi connectivity index (χ3v) is 3.12. The molecule has 1 amide bonds. The fourth-order valence-electron chi connectivity index (χ4n) is 2.09. The second kappa shape index (κ2) is 5.89. The minimum absolute atomic E-state index is 0.0277. The number of carbonyl (C=O) groups excluding carboxylic acids is 1. The van der Waals surface area contributed by atoms with Crippen molar-refractivity contribution in [2.45, 2.75) is 18.6 Å². The van der Waals surface area contributed by atoms with Crippen molar-refractivity contribution in [1.82, 2.24) is 5.32 Å². The molecule has 0 bridgehead atoms. The number of carboxylic acids is 1. The number of anilines is 1. The highest BCUT2D eigenvalue weighted by Crippen LogP contribution is 2.23. The Balaban J connectivity index is 2.10. The van der Waals surface area contributed by atoms with Crippen molar-refractivity contribution >= 4 is 17.6 Å². The van der Waals surface area contributed by atoms with Crippen LogP contribution in [-0.2, 0) is 4.79 Å². The Morgan fingerprint density at radius 2 is 2.20 bits per heavy atom. The maximum atomic E-state index is 11.9. The molecule has 20 heavy (non-hydrogen) atoms. The fourth-order valence-corrected chi connectivity index (χ4v) is 2.09. The molecular formula is C13H16N2O5. The van der Waals surface area contributed by atoms with Gasteiger partial charge in [-0.05, 0) is 18.6 Å². The third-order valence-electron chi connectivity index (χ3n) is 3.12. The molecule has 1 aliphatic heterocycles. The van der Waals surface area contributed by atoms with Gasteiger partial charge in [0, 0.05) is 18.3 Å². The molecule has 2 rings (SSSR count). The van der Waals surface area contributed by atoms with E-state index in [-0.39, 0.29) is 17.2 Å². The van der Waals surface area contributed by atoms with Gasteiger partial charge in [0.05, 0.1) is 19.3 Å². The Morgan fingerprint density at radius 3 is 2.75 bits per heavy atom. The second-order valence-corrected chi connectivity index (χ2v) is 4.56. The number of nitrogens with one attached hydrogen (secondary N) is 2. The van der Waals surface area contributed by atoms with Crippen LogP contribution in [0.1, 0.15) is 16.8 Å². The van der Waals surface area contributed by atoms with Crippen LogP contribution >= 0.6 is 0 Å². The first-order valence-corrected chi connectivity index (χ1v) is 6.15.